The van der Waals surface area contributed by atoms with Gasteiger partial charge in [0.1, 0.15) is 0 Å². The molecule has 1 aromatic carbocycles. The van der Waals surface area contributed by atoms with Crippen LogP contribution in [0.2, 0.25) is 0 Å². The molecule has 0 aliphatic carbocycles. The Balaban J connectivity index is 1.53. The van der Waals surface area contributed by atoms with Crippen LogP contribution in [0.25, 0.3) is 10.8 Å². The summed E-state index contributed by atoms with van der Waals surface area (Å²) in [5.74, 6) is 0.743. The Morgan fingerprint density at radius 2 is 1.96 bits per heavy atom. The number of hydrogen-bond acceptors (Lipinski definition) is 6. The zero-order chi connectivity index (χ0) is 16.9. The third-order valence-electron chi connectivity index (χ3n) is 3.34. The predicted octanol–water partition coefficient (Wildman–Crippen LogP) is 3.57. The van der Waals surface area contributed by atoms with Gasteiger partial charge in [-0.05, 0) is 42.6 Å². The van der Waals surface area contributed by atoms with Gasteiger partial charge in [-0.2, -0.15) is 0 Å². The Morgan fingerprint density at radius 3 is 2.62 bits per heavy atom. The number of aryl methyl sites for hydroxylation is 1. The molecule has 122 valence electrons. The first-order valence-corrected chi connectivity index (χ1v) is 8.27. The minimum atomic E-state index is -0.151. The minimum Gasteiger partial charge on any atom is -0.420 e. The van der Waals surface area contributed by atoms with Crippen molar-refractivity contribution in [2.45, 2.75) is 19.8 Å². The third kappa shape index (κ3) is 3.94. The number of anilines is 1. The molecule has 0 bridgehead atoms. The molecule has 2 aromatic heterocycles. The van der Waals surface area contributed by atoms with E-state index in [1.54, 1.807) is 24.3 Å². The number of nitrogens with one attached hydrogen (secondary N) is 1. The van der Waals surface area contributed by atoms with Crippen molar-refractivity contribution in [3.05, 3.63) is 53.2 Å². The van der Waals surface area contributed by atoms with Crippen LogP contribution in [-0.4, -0.2) is 21.9 Å². The maximum atomic E-state index is 12.0. The molecular weight excluding hydrogens is 326 g/mol. The Morgan fingerprint density at radius 1 is 1.17 bits per heavy atom. The highest BCUT2D eigenvalue weighted by Gasteiger charge is 2.11. The standard InChI is InChI=1S/C17H15N3O3S/c1-11(21)12-4-6-13(7-5-12)18-15(22)8-9-16-19-20-17(23-16)14-3-2-10-24-14/h2-7,10H,8-9H2,1H3,(H,18,22). The van der Waals surface area contributed by atoms with E-state index in [1.807, 2.05) is 17.5 Å². The van der Waals surface area contributed by atoms with Crippen molar-refractivity contribution >= 4 is 28.7 Å². The van der Waals surface area contributed by atoms with Gasteiger partial charge in [0, 0.05) is 24.1 Å². The van der Waals surface area contributed by atoms with Gasteiger partial charge in [-0.1, -0.05) is 6.07 Å². The molecule has 1 amide bonds. The van der Waals surface area contributed by atoms with Crippen LogP contribution in [0.1, 0.15) is 29.6 Å². The molecule has 0 fully saturated rings. The quantitative estimate of drug-likeness (QED) is 0.693. The van der Waals surface area contributed by atoms with E-state index in [-0.39, 0.29) is 18.1 Å². The summed E-state index contributed by atoms with van der Waals surface area (Å²) < 4.78 is 5.54. The highest BCUT2D eigenvalue weighted by Crippen LogP contribution is 2.23. The molecule has 0 saturated carbocycles. The molecule has 0 aliphatic heterocycles. The van der Waals surface area contributed by atoms with Crippen LogP contribution in [0.4, 0.5) is 5.69 Å². The fourth-order valence-electron chi connectivity index (χ4n) is 2.09. The number of carbonyl (C=O) groups excluding carboxylic acids is 2. The van der Waals surface area contributed by atoms with Gasteiger partial charge in [-0.3, -0.25) is 9.59 Å². The van der Waals surface area contributed by atoms with Crippen molar-refractivity contribution in [3.8, 4) is 10.8 Å². The van der Waals surface area contributed by atoms with E-state index in [9.17, 15) is 9.59 Å². The van der Waals surface area contributed by atoms with Crippen LogP contribution in [-0.2, 0) is 11.2 Å². The average molecular weight is 341 g/mol. The molecule has 24 heavy (non-hydrogen) atoms. The van der Waals surface area contributed by atoms with Crippen LogP contribution in [0.15, 0.2) is 46.2 Å². The van der Waals surface area contributed by atoms with Gasteiger partial charge in [0.2, 0.25) is 11.8 Å². The summed E-state index contributed by atoms with van der Waals surface area (Å²) in [6.45, 7) is 1.50. The van der Waals surface area contributed by atoms with Gasteiger partial charge in [0.15, 0.2) is 5.78 Å². The second-order valence-electron chi connectivity index (χ2n) is 5.16. The summed E-state index contributed by atoms with van der Waals surface area (Å²) in [4.78, 5) is 24.1. The van der Waals surface area contributed by atoms with Gasteiger partial charge in [-0.25, -0.2) is 0 Å². The fraction of sp³-hybridized carbons (Fsp3) is 0.176. The van der Waals surface area contributed by atoms with Crippen LogP contribution in [0.5, 0.6) is 0 Å². The topological polar surface area (TPSA) is 85.1 Å². The zero-order valence-corrected chi connectivity index (χ0v) is 13.8. The third-order valence-corrected chi connectivity index (χ3v) is 4.20. The summed E-state index contributed by atoms with van der Waals surface area (Å²) in [6, 6.07) is 10.6. The summed E-state index contributed by atoms with van der Waals surface area (Å²) in [7, 11) is 0. The van der Waals surface area contributed by atoms with Crippen LogP contribution in [0.3, 0.4) is 0 Å². The van der Waals surface area contributed by atoms with E-state index in [0.29, 0.717) is 29.5 Å². The summed E-state index contributed by atoms with van der Waals surface area (Å²) in [6.07, 6.45) is 0.607. The van der Waals surface area contributed by atoms with Gasteiger partial charge in [-0.15, -0.1) is 21.5 Å². The lowest BCUT2D eigenvalue weighted by Crippen LogP contribution is -2.12. The van der Waals surface area contributed by atoms with E-state index < -0.39 is 0 Å². The molecule has 3 rings (SSSR count). The Kier molecular flexibility index (Phi) is 4.81. The number of amides is 1. The van der Waals surface area contributed by atoms with Crippen molar-refractivity contribution in [3.63, 3.8) is 0 Å². The van der Waals surface area contributed by atoms with Crippen LogP contribution in [0, 0.1) is 0 Å². The van der Waals surface area contributed by atoms with Crippen molar-refractivity contribution < 1.29 is 14.0 Å². The van der Waals surface area contributed by atoms with Crippen molar-refractivity contribution in [1.29, 1.82) is 0 Å². The Bertz CT molecular complexity index is 838. The molecule has 0 spiro atoms. The highest BCUT2D eigenvalue weighted by molar-refractivity contribution is 7.13. The van der Waals surface area contributed by atoms with Gasteiger partial charge >= 0.3 is 0 Å². The first kappa shape index (κ1) is 16.1. The van der Waals surface area contributed by atoms with Crippen molar-refractivity contribution in [1.82, 2.24) is 10.2 Å². The van der Waals surface area contributed by atoms with Crippen LogP contribution >= 0.6 is 11.3 Å². The number of nitrogens with zero attached hydrogens (tertiary/aromatic N) is 2. The molecule has 7 heteroatoms. The number of aromatic nitrogens is 2. The SMILES string of the molecule is CC(=O)c1ccc(NC(=O)CCc2nnc(-c3cccs3)o2)cc1. The maximum Gasteiger partial charge on any atom is 0.257 e. The lowest BCUT2D eigenvalue weighted by Gasteiger charge is -2.04. The molecule has 6 nitrogen and oxygen atoms in total. The van der Waals surface area contributed by atoms with E-state index in [1.165, 1.54) is 18.3 Å². The van der Waals surface area contributed by atoms with Crippen molar-refractivity contribution in [2.75, 3.05) is 5.32 Å². The lowest BCUT2D eigenvalue weighted by atomic mass is 10.1. The second-order valence-corrected chi connectivity index (χ2v) is 6.11. The fourth-order valence-corrected chi connectivity index (χ4v) is 2.73. The first-order chi connectivity index (χ1) is 11.6. The lowest BCUT2D eigenvalue weighted by molar-refractivity contribution is -0.116. The number of carbonyl (C=O) groups is 2. The first-order valence-electron chi connectivity index (χ1n) is 7.39. The summed E-state index contributed by atoms with van der Waals surface area (Å²) >= 11 is 1.52. The smallest absolute Gasteiger partial charge is 0.257 e. The van der Waals surface area contributed by atoms with E-state index >= 15 is 0 Å². The maximum absolute atomic E-state index is 12.0. The van der Waals surface area contributed by atoms with E-state index in [2.05, 4.69) is 15.5 Å². The number of ketones is 1. The highest BCUT2D eigenvalue weighted by atomic mass is 32.1. The Labute approximate surface area is 142 Å². The predicted molar refractivity (Wildman–Crippen MR) is 91.0 cm³/mol. The summed E-state index contributed by atoms with van der Waals surface area (Å²) in [5.41, 5.74) is 1.26. The number of Topliss-reactive ketones (excluding diaryl/α,β-unsaturated/α-hetero) is 1. The number of thiophene rings is 1. The van der Waals surface area contributed by atoms with Gasteiger partial charge in [0.05, 0.1) is 4.88 Å². The summed E-state index contributed by atoms with van der Waals surface area (Å²) in [5, 5.41) is 12.6. The van der Waals surface area contributed by atoms with Gasteiger partial charge < -0.3 is 9.73 Å². The number of benzene rings is 1. The minimum absolute atomic E-state index is 0.00850. The molecule has 2 heterocycles. The van der Waals surface area contributed by atoms with E-state index in [0.717, 1.165) is 4.88 Å². The van der Waals surface area contributed by atoms with Crippen LogP contribution < -0.4 is 5.32 Å². The number of hydrogen-bond donors (Lipinski definition) is 1. The molecule has 0 radical (unpaired) electrons. The van der Waals surface area contributed by atoms with Crippen molar-refractivity contribution in [2.24, 2.45) is 0 Å². The molecule has 3 aromatic rings. The molecule has 0 atom stereocenters. The number of rotatable bonds is 6. The van der Waals surface area contributed by atoms with E-state index in [4.69, 9.17) is 4.42 Å². The second kappa shape index (κ2) is 7.18. The molecular formula is C17H15N3O3S. The Hall–Kier alpha value is -2.80. The molecule has 1 N–H and O–H groups in total. The van der Waals surface area contributed by atoms with Gasteiger partial charge in [0.25, 0.3) is 5.89 Å². The monoisotopic (exact) mass is 341 g/mol. The average Bonchev–Trinajstić information content (AvgIpc) is 3.25. The molecule has 0 unspecified atom stereocenters. The normalized spacial score (nSPS) is 10.5. The molecule has 0 saturated heterocycles. The zero-order valence-electron chi connectivity index (χ0n) is 13.0. The molecule has 0 aliphatic rings. The largest absolute Gasteiger partial charge is 0.420 e.